The van der Waals surface area contributed by atoms with E-state index in [2.05, 4.69) is 66.9 Å². The fourth-order valence-electron chi connectivity index (χ4n) is 4.35. The Hall–Kier alpha value is -3.42. The van der Waals surface area contributed by atoms with Gasteiger partial charge >= 0.3 is 0 Å². The second-order valence-corrected chi connectivity index (χ2v) is 8.46. The van der Waals surface area contributed by atoms with Crippen LogP contribution in [0.25, 0.3) is 21.8 Å². The third kappa shape index (κ3) is 4.74. The SMILES string of the molecule is CCn1c2ccccc2c2cc(CC(=O)CC(C)COCc3ccc(C#N)cc3)ccc21. The number of Topliss-reactive ketones (excluding diaryl/α,β-unsaturated/α-hetero) is 1. The first-order valence-electron chi connectivity index (χ1n) is 11.2. The number of benzene rings is 3. The molecule has 0 N–H and O–H groups in total. The lowest BCUT2D eigenvalue weighted by molar-refractivity contribution is -0.119. The second-order valence-electron chi connectivity index (χ2n) is 8.46. The summed E-state index contributed by atoms with van der Waals surface area (Å²) in [7, 11) is 0. The maximum absolute atomic E-state index is 12.7. The number of para-hydroxylation sites is 1. The van der Waals surface area contributed by atoms with E-state index in [0.717, 1.165) is 17.7 Å². The minimum absolute atomic E-state index is 0.159. The number of fused-ring (bicyclic) bond motifs is 3. The van der Waals surface area contributed by atoms with Gasteiger partial charge in [-0.15, -0.1) is 0 Å². The predicted octanol–water partition coefficient (Wildman–Crippen LogP) is 6.04. The molecule has 0 saturated heterocycles. The third-order valence-electron chi connectivity index (χ3n) is 5.88. The summed E-state index contributed by atoms with van der Waals surface area (Å²) >= 11 is 0. The van der Waals surface area contributed by atoms with Gasteiger partial charge in [-0.1, -0.05) is 43.3 Å². The molecule has 0 amide bonds. The van der Waals surface area contributed by atoms with E-state index in [1.807, 2.05) is 12.1 Å². The highest BCUT2D eigenvalue weighted by atomic mass is 16.5. The highest BCUT2D eigenvalue weighted by Crippen LogP contribution is 2.30. The van der Waals surface area contributed by atoms with Crippen LogP contribution in [0.3, 0.4) is 0 Å². The molecule has 0 radical (unpaired) electrons. The summed E-state index contributed by atoms with van der Waals surface area (Å²) in [4.78, 5) is 12.7. The number of nitrogens with zero attached hydrogens (tertiary/aromatic N) is 2. The molecule has 4 nitrogen and oxygen atoms in total. The van der Waals surface area contributed by atoms with Gasteiger partial charge in [-0.2, -0.15) is 5.26 Å². The quantitative estimate of drug-likeness (QED) is 0.329. The van der Waals surface area contributed by atoms with Gasteiger partial charge in [-0.05, 0) is 54.3 Å². The van der Waals surface area contributed by atoms with Crippen molar-refractivity contribution in [2.24, 2.45) is 5.92 Å². The highest BCUT2D eigenvalue weighted by Gasteiger charge is 2.13. The molecule has 162 valence electrons. The Morgan fingerprint density at radius 1 is 1.00 bits per heavy atom. The molecule has 0 fully saturated rings. The number of aromatic nitrogens is 1. The number of hydrogen-bond donors (Lipinski definition) is 0. The molecule has 0 spiro atoms. The van der Waals surface area contributed by atoms with Crippen molar-refractivity contribution in [3.63, 3.8) is 0 Å². The van der Waals surface area contributed by atoms with Crippen LogP contribution in [0, 0.1) is 17.2 Å². The van der Waals surface area contributed by atoms with Gasteiger partial charge in [-0.3, -0.25) is 4.79 Å². The summed E-state index contributed by atoms with van der Waals surface area (Å²) in [6.45, 7) is 6.16. The van der Waals surface area contributed by atoms with Crippen LogP contribution in [0.2, 0.25) is 0 Å². The summed E-state index contributed by atoms with van der Waals surface area (Å²) < 4.78 is 8.11. The molecule has 1 unspecified atom stereocenters. The van der Waals surface area contributed by atoms with Crippen LogP contribution >= 0.6 is 0 Å². The fraction of sp³-hybridized carbons (Fsp3) is 0.286. The van der Waals surface area contributed by atoms with Crippen LogP contribution in [0.15, 0.2) is 66.7 Å². The van der Waals surface area contributed by atoms with Gasteiger partial charge in [0.15, 0.2) is 0 Å². The van der Waals surface area contributed by atoms with Crippen LogP contribution in [0.5, 0.6) is 0 Å². The molecule has 0 saturated carbocycles. The van der Waals surface area contributed by atoms with Crippen molar-refractivity contribution in [1.29, 1.82) is 5.26 Å². The number of ketones is 1. The molecule has 1 atom stereocenters. The Labute approximate surface area is 189 Å². The zero-order chi connectivity index (χ0) is 22.5. The zero-order valence-corrected chi connectivity index (χ0v) is 18.7. The molecule has 3 aromatic carbocycles. The van der Waals surface area contributed by atoms with Gasteiger partial charge in [0.2, 0.25) is 0 Å². The van der Waals surface area contributed by atoms with Crippen LogP contribution in [-0.4, -0.2) is 17.0 Å². The number of aryl methyl sites for hydroxylation is 1. The lowest BCUT2D eigenvalue weighted by atomic mass is 9.99. The molecule has 0 aliphatic heterocycles. The van der Waals surface area contributed by atoms with E-state index in [1.165, 1.54) is 21.8 Å². The predicted molar refractivity (Wildman–Crippen MR) is 128 cm³/mol. The standard InChI is InChI=1S/C28H28N2O2/c1-3-30-27-7-5-4-6-25(27)26-16-23(12-13-28(26)30)15-24(31)14-20(2)18-32-19-22-10-8-21(17-29)9-11-22/h4-13,16,20H,3,14-15,18-19H2,1-2H3. The first kappa shape index (κ1) is 21.8. The van der Waals surface area contributed by atoms with Crippen molar-refractivity contribution in [3.8, 4) is 6.07 Å². The Bertz CT molecular complexity index is 1280. The minimum Gasteiger partial charge on any atom is -0.376 e. The highest BCUT2D eigenvalue weighted by molar-refractivity contribution is 6.08. The van der Waals surface area contributed by atoms with E-state index in [4.69, 9.17) is 10.00 Å². The molecule has 4 rings (SSSR count). The van der Waals surface area contributed by atoms with Crippen molar-refractivity contribution >= 4 is 27.6 Å². The van der Waals surface area contributed by atoms with Crippen LogP contribution in [0.1, 0.15) is 37.0 Å². The van der Waals surface area contributed by atoms with Crippen molar-refractivity contribution in [3.05, 3.63) is 83.4 Å². The summed E-state index contributed by atoms with van der Waals surface area (Å²) in [6, 6.07) is 24.4. The van der Waals surface area contributed by atoms with Crippen molar-refractivity contribution in [2.45, 2.75) is 39.8 Å². The van der Waals surface area contributed by atoms with Gasteiger partial charge < -0.3 is 9.30 Å². The lowest BCUT2D eigenvalue weighted by Crippen LogP contribution is -2.13. The molecule has 32 heavy (non-hydrogen) atoms. The van der Waals surface area contributed by atoms with Gasteiger partial charge in [-0.25, -0.2) is 0 Å². The van der Waals surface area contributed by atoms with E-state index in [9.17, 15) is 4.79 Å². The van der Waals surface area contributed by atoms with Crippen LogP contribution in [-0.2, 0) is 29.1 Å². The minimum atomic E-state index is 0.159. The molecular formula is C28H28N2O2. The maximum atomic E-state index is 12.7. The first-order chi connectivity index (χ1) is 15.6. The monoisotopic (exact) mass is 424 g/mol. The first-order valence-corrected chi connectivity index (χ1v) is 11.2. The molecule has 0 bridgehead atoms. The number of carbonyl (C=O) groups is 1. The van der Waals surface area contributed by atoms with Crippen LogP contribution < -0.4 is 0 Å². The summed E-state index contributed by atoms with van der Waals surface area (Å²) in [5.41, 5.74) is 5.19. The van der Waals surface area contributed by atoms with Gasteiger partial charge in [0, 0.05) is 47.8 Å². The Morgan fingerprint density at radius 3 is 2.47 bits per heavy atom. The number of ether oxygens (including phenoxy) is 1. The third-order valence-corrected chi connectivity index (χ3v) is 5.88. The molecule has 0 aliphatic rings. The van der Waals surface area contributed by atoms with E-state index in [-0.39, 0.29) is 11.7 Å². The van der Waals surface area contributed by atoms with Crippen molar-refractivity contribution in [1.82, 2.24) is 4.57 Å². The molecule has 1 heterocycles. The average molecular weight is 425 g/mol. The summed E-state index contributed by atoms with van der Waals surface area (Å²) in [6.07, 6.45) is 0.948. The molecular weight excluding hydrogens is 396 g/mol. The van der Waals surface area contributed by atoms with E-state index >= 15 is 0 Å². The van der Waals surface area contributed by atoms with Crippen molar-refractivity contribution < 1.29 is 9.53 Å². The van der Waals surface area contributed by atoms with Gasteiger partial charge in [0.25, 0.3) is 0 Å². The van der Waals surface area contributed by atoms with Crippen molar-refractivity contribution in [2.75, 3.05) is 6.61 Å². The average Bonchev–Trinajstić information content (AvgIpc) is 3.12. The normalized spacial score (nSPS) is 12.2. The molecule has 0 aliphatic carbocycles. The lowest BCUT2D eigenvalue weighted by Gasteiger charge is -2.12. The largest absolute Gasteiger partial charge is 0.376 e. The summed E-state index contributed by atoms with van der Waals surface area (Å²) in [5, 5.41) is 11.3. The van der Waals surface area contributed by atoms with Gasteiger partial charge in [0.05, 0.1) is 18.2 Å². The maximum Gasteiger partial charge on any atom is 0.137 e. The van der Waals surface area contributed by atoms with Crippen LogP contribution in [0.4, 0.5) is 0 Å². The number of rotatable bonds is 9. The van der Waals surface area contributed by atoms with Gasteiger partial charge in [0.1, 0.15) is 5.78 Å². The number of hydrogen-bond acceptors (Lipinski definition) is 3. The topological polar surface area (TPSA) is 55.0 Å². The summed E-state index contributed by atoms with van der Waals surface area (Å²) in [5.74, 6) is 0.393. The fourth-order valence-corrected chi connectivity index (χ4v) is 4.35. The smallest absolute Gasteiger partial charge is 0.137 e. The number of carbonyl (C=O) groups excluding carboxylic acids is 1. The molecule has 1 aromatic heterocycles. The molecule has 4 aromatic rings. The zero-order valence-electron chi connectivity index (χ0n) is 18.7. The van der Waals surface area contributed by atoms with E-state index < -0.39 is 0 Å². The Morgan fingerprint density at radius 2 is 1.72 bits per heavy atom. The van der Waals surface area contributed by atoms with E-state index in [1.54, 1.807) is 12.1 Å². The van der Waals surface area contributed by atoms with E-state index in [0.29, 0.717) is 31.6 Å². The second kappa shape index (κ2) is 9.80. The Balaban J connectivity index is 1.35. The molecule has 4 heteroatoms. The number of nitriles is 1. The Kier molecular flexibility index (Phi) is 6.68.